The maximum atomic E-state index is 12.6. The molecule has 3 amide bonds. The van der Waals surface area contributed by atoms with Crippen molar-refractivity contribution in [3.8, 4) is 5.75 Å². The molecule has 1 fully saturated rings. The van der Waals surface area contributed by atoms with Crippen LogP contribution in [-0.2, 0) is 14.9 Å². The van der Waals surface area contributed by atoms with Gasteiger partial charge < -0.3 is 14.8 Å². The average molecular weight is 423 g/mol. The molecule has 31 heavy (non-hydrogen) atoms. The van der Waals surface area contributed by atoms with Crippen molar-refractivity contribution in [1.82, 2.24) is 15.2 Å². The first kappa shape index (κ1) is 21.0. The summed E-state index contributed by atoms with van der Waals surface area (Å²) >= 11 is 0. The number of hydrogen-bond acceptors (Lipinski definition) is 6. The second-order valence-electron chi connectivity index (χ2n) is 7.83. The van der Waals surface area contributed by atoms with Crippen molar-refractivity contribution in [2.24, 2.45) is 0 Å². The van der Waals surface area contributed by atoms with Crippen LogP contribution in [0.2, 0.25) is 0 Å². The number of nitrogens with one attached hydrogen (secondary N) is 1. The Labute approximate surface area is 180 Å². The molecule has 0 spiro atoms. The molecule has 0 saturated carbocycles. The van der Waals surface area contributed by atoms with Crippen molar-refractivity contribution in [3.05, 3.63) is 59.4 Å². The highest BCUT2D eigenvalue weighted by atomic mass is 16.5. The lowest BCUT2D eigenvalue weighted by molar-refractivity contribution is -0.121. The second kappa shape index (κ2) is 8.85. The number of pyridine rings is 1. The van der Waals surface area contributed by atoms with E-state index in [1.54, 1.807) is 7.11 Å². The summed E-state index contributed by atoms with van der Waals surface area (Å²) in [4.78, 5) is 42.4. The second-order valence-corrected chi connectivity index (χ2v) is 7.83. The summed E-state index contributed by atoms with van der Waals surface area (Å²) in [6, 6.07) is 9.43. The van der Waals surface area contributed by atoms with Crippen LogP contribution in [0.4, 0.5) is 0 Å². The van der Waals surface area contributed by atoms with E-state index >= 15 is 0 Å². The first-order valence-electron chi connectivity index (χ1n) is 10.3. The van der Waals surface area contributed by atoms with Crippen molar-refractivity contribution < 1.29 is 23.9 Å². The lowest BCUT2D eigenvalue weighted by atomic mass is 9.74. The molecule has 1 saturated heterocycles. The van der Waals surface area contributed by atoms with Gasteiger partial charge in [0.15, 0.2) is 0 Å². The van der Waals surface area contributed by atoms with Crippen LogP contribution in [0, 0.1) is 0 Å². The summed E-state index contributed by atoms with van der Waals surface area (Å²) in [5.74, 6) is -0.199. The number of aromatic nitrogens is 1. The first-order valence-corrected chi connectivity index (χ1v) is 10.3. The summed E-state index contributed by atoms with van der Waals surface area (Å²) in [5, 5.41) is 3.01. The molecule has 0 atom stereocenters. The Morgan fingerprint density at radius 1 is 1.13 bits per heavy atom. The van der Waals surface area contributed by atoms with Crippen molar-refractivity contribution in [3.63, 3.8) is 0 Å². The van der Waals surface area contributed by atoms with Gasteiger partial charge in [-0.1, -0.05) is 12.1 Å². The first-order chi connectivity index (χ1) is 15.0. The van der Waals surface area contributed by atoms with Gasteiger partial charge in [0.1, 0.15) is 5.75 Å². The van der Waals surface area contributed by atoms with Gasteiger partial charge in [0, 0.05) is 50.5 Å². The number of carbonyl (C=O) groups excluding carboxylic acids is 3. The van der Waals surface area contributed by atoms with Crippen LogP contribution >= 0.6 is 0 Å². The van der Waals surface area contributed by atoms with Crippen LogP contribution in [0.5, 0.6) is 5.75 Å². The summed E-state index contributed by atoms with van der Waals surface area (Å²) in [7, 11) is 1.63. The third-order valence-corrected chi connectivity index (χ3v) is 6.11. The van der Waals surface area contributed by atoms with E-state index in [4.69, 9.17) is 9.47 Å². The van der Waals surface area contributed by atoms with E-state index in [9.17, 15) is 14.4 Å². The number of rotatable bonds is 7. The predicted octanol–water partition coefficient (Wildman–Crippen LogP) is 1.94. The zero-order valence-corrected chi connectivity index (χ0v) is 17.4. The van der Waals surface area contributed by atoms with Gasteiger partial charge >= 0.3 is 0 Å². The average Bonchev–Trinajstić information content (AvgIpc) is 3.06. The fraction of sp³-hybridized carbons (Fsp3) is 0.391. The molecule has 4 rings (SSSR count). The molecule has 1 aromatic carbocycles. The third kappa shape index (κ3) is 4.16. The number of benzene rings is 1. The molecule has 0 unspecified atom stereocenters. The Bertz CT molecular complexity index is 948. The minimum atomic E-state index is -0.403. The van der Waals surface area contributed by atoms with Crippen molar-refractivity contribution >= 4 is 17.7 Å². The molecule has 0 bridgehead atoms. The van der Waals surface area contributed by atoms with E-state index in [0.29, 0.717) is 25.3 Å². The number of ether oxygens (including phenoxy) is 2. The Hall–Kier alpha value is -3.26. The predicted molar refractivity (Wildman–Crippen MR) is 112 cm³/mol. The van der Waals surface area contributed by atoms with Gasteiger partial charge in [0.05, 0.1) is 18.2 Å². The molecular weight excluding hydrogens is 398 g/mol. The number of hydrogen-bond donors (Lipinski definition) is 1. The van der Waals surface area contributed by atoms with Gasteiger partial charge in [-0.3, -0.25) is 24.3 Å². The fourth-order valence-electron chi connectivity index (χ4n) is 4.18. The number of nitrogens with zero attached hydrogens (tertiary/aromatic N) is 2. The van der Waals surface area contributed by atoms with Crippen LogP contribution in [0.3, 0.4) is 0 Å². The van der Waals surface area contributed by atoms with E-state index in [2.05, 4.69) is 10.3 Å². The maximum absolute atomic E-state index is 12.6. The highest BCUT2D eigenvalue weighted by Gasteiger charge is 2.37. The summed E-state index contributed by atoms with van der Waals surface area (Å²) in [5.41, 5.74) is 1.53. The van der Waals surface area contributed by atoms with Gasteiger partial charge in [-0.2, -0.15) is 0 Å². The highest BCUT2D eigenvalue weighted by Crippen LogP contribution is 2.35. The third-order valence-electron chi connectivity index (χ3n) is 6.11. The molecule has 2 aromatic rings. The SMILES string of the molecule is COc1ccc(C2(CNC(=O)CCN3C(=O)c4ccncc4C3=O)CCOCC2)cc1. The molecule has 2 aliphatic heterocycles. The smallest absolute Gasteiger partial charge is 0.263 e. The lowest BCUT2D eigenvalue weighted by Crippen LogP contribution is -2.45. The summed E-state index contributed by atoms with van der Waals surface area (Å²) in [6.07, 6.45) is 4.51. The molecule has 8 nitrogen and oxygen atoms in total. The van der Waals surface area contributed by atoms with Crippen LogP contribution in [0.25, 0.3) is 0 Å². The number of methoxy groups -OCH3 is 1. The molecular formula is C23H25N3O5. The van der Waals surface area contributed by atoms with E-state index in [1.807, 2.05) is 24.3 Å². The zero-order valence-electron chi connectivity index (χ0n) is 17.4. The number of imide groups is 1. The Kier molecular flexibility index (Phi) is 5.99. The van der Waals surface area contributed by atoms with Gasteiger partial charge in [-0.25, -0.2) is 0 Å². The number of amides is 3. The highest BCUT2D eigenvalue weighted by molar-refractivity contribution is 6.21. The van der Waals surface area contributed by atoms with Crippen molar-refractivity contribution in [2.75, 3.05) is 33.4 Å². The van der Waals surface area contributed by atoms with E-state index in [1.165, 1.54) is 18.5 Å². The van der Waals surface area contributed by atoms with Gasteiger partial charge in [0.25, 0.3) is 11.8 Å². The van der Waals surface area contributed by atoms with Gasteiger partial charge in [0.2, 0.25) is 5.91 Å². The standard InChI is InChI=1S/C23H25N3O5/c1-30-17-4-2-16(3-5-17)23(8-12-31-13-9-23)15-25-20(27)7-11-26-21(28)18-6-10-24-14-19(18)22(26)29/h2-6,10,14H,7-9,11-13,15H2,1H3,(H,25,27). The van der Waals surface area contributed by atoms with Crippen LogP contribution in [-0.4, -0.2) is 61.0 Å². The molecule has 3 heterocycles. The van der Waals surface area contributed by atoms with Crippen LogP contribution < -0.4 is 10.1 Å². The minimum Gasteiger partial charge on any atom is -0.497 e. The van der Waals surface area contributed by atoms with Gasteiger partial charge in [-0.15, -0.1) is 0 Å². The molecule has 1 N–H and O–H groups in total. The molecule has 1 aromatic heterocycles. The van der Waals surface area contributed by atoms with Crippen LogP contribution in [0.15, 0.2) is 42.7 Å². The zero-order chi connectivity index (χ0) is 21.8. The summed E-state index contributed by atoms with van der Waals surface area (Å²) < 4.78 is 10.8. The summed E-state index contributed by atoms with van der Waals surface area (Å²) in [6.45, 7) is 1.76. The van der Waals surface area contributed by atoms with E-state index < -0.39 is 5.91 Å². The van der Waals surface area contributed by atoms with Crippen molar-refractivity contribution in [2.45, 2.75) is 24.7 Å². The normalized spacial score (nSPS) is 17.4. The molecule has 8 heteroatoms. The molecule has 2 aliphatic rings. The molecule has 0 aliphatic carbocycles. The largest absolute Gasteiger partial charge is 0.497 e. The van der Waals surface area contributed by atoms with Crippen LogP contribution in [0.1, 0.15) is 45.5 Å². The molecule has 162 valence electrons. The fourth-order valence-corrected chi connectivity index (χ4v) is 4.18. The number of carbonyl (C=O) groups is 3. The van der Waals surface area contributed by atoms with E-state index in [-0.39, 0.29) is 35.8 Å². The number of fused-ring (bicyclic) bond motifs is 1. The van der Waals surface area contributed by atoms with Gasteiger partial charge in [-0.05, 0) is 36.6 Å². The maximum Gasteiger partial charge on any atom is 0.263 e. The Morgan fingerprint density at radius 3 is 2.52 bits per heavy atom. The van der Waals surface area contributed by atoms with E-state index in [0.717, 1.165) is 29.1 Å². The Morgan fingerprint density at radius 2 is 1.84 bits per heavy atom. The minimum absolute atomic E-state index is 0.0385. The van der Waals surface area contributed by atoms with Crippen molar-refractivity contribution in [1.29, 1.82) is 0 Å². The molecule has 0 radical (unpaired) electrons. The Balaban J connectivity index is 1.37. The lowest BCUT2D eigenvalue weighted by Gasteiger charge is -2.38. The topological polar surface area (TPSA) is 97.8 Å². The quantitative estimate of drug-likeness (QED) is 0.684. The monoisotopic (exact) mass is 423 g/mol.